The van der Waals surface area contributed by atoms with Crippen molar-refractivity contribution in [3.05, 3.63) is 65.7 Å². The van der Waals surface area contributed by atoms with E-state index in [2.05, 4.69) is 15.3 Å². The first kappa shape index (κ1) is 15.7. The summed E-state index contributed by atoms with van der Waals surface area (Å²) in [6.07, 6.45) is 3.23. The summed E-state index contributed by atoms with van der Waals surface area (Å²) in [6.45, 7) is 0. The number of nitrogens with zero attached hydrogens (tertiary/aromatic N) is 2. The summed E-state index contributed by atoms with van der Waals surface area (Å²) in [6, 6.07) is 9.02. The quantitative estimate of drug-likeness (QED) is 0.512. The van der Waals surface area contributed by atoms with Gasteiger partial charge in [-0.1, -0.05) is 12.1 Å². The van der Waals surface area contributed by atoms with Crippen LogP contribution in [0.15, 0.2) is 53.8 Å². The molecule has 2 rings (SSSR count). The Hall–Kier alpha value is -2.67. The first-order valence-corrected chi connectivity index (χ1v) is 6.78. The molecule has 3 N–H and O–H groups in total. The zero-order valence-electron chi connectivity index (χ0n) is 11.5. The molecule has 22 heavy (non-hydrogen) atoms. The van der Waals surface area contributed by atoms with Gasteiger partial charge >= 0.3 is 0 Å². The lowest BCUT2D eigenvalue weighted by atomic mass is 10.1. The Labute approximate surface area is 132 Å². The third kappa shape index (κ3) is 4.71. The highest BCUT2D eigenvalue weighted by molar-refractivity contribution is 7.80. The van der Waals surface area contributed by atoms with Crippen molar-refractivity contribution in [1.82, 2.24) is 10.3 Å². The molecule has 0 atom stereocenters. The Balaban J connectivity index is 1.94. The Kier molecular flexibility index (Phi) is 5.26. The van der Waals surface area contributed by atoms with Gasteiger partial charge in [-0.3, -0.25) is 9.78 Å². The molecule has 0 fully saturated rings. The van der Waals surface area contributed by atoms with Crippen LogP contribution in [-0.2, 0) is 11.2 Å². The van der Waals surface area contributed by atoms with Gasteiger partial charge in [-0.05, 0) is 42.0 Å². The number of nitrogens with one attached hydrogen (secondary N) is 1. The molecule has 0 unspecified atom stereocenters. The molecule has 0 aliphatic heterocycles. The lowest BCUT2D eigenvalue weighted by molar-refractivity contribution is -0.119. The molecule has 0 aliphatic rings. The van der Waals surface area contributed by atoms with Gasteiger partial charge in [-0.25, -0.2) is 9.38 Å². The van der Waals surface area contributed by atoms with E-state index in [-0.39, 0.29) is 29.1 Å². The van der Waals surface area contributed by atoms with Gasteiger partial charge < -0.3 is 11.1 Å². The van der Waals surface area contributed by atoms with Gasteiger partial charge in [-0.2, -0.15) is 0 Å². The second-order valence-electron chi connectivity index (χ2n) is 4.39. The van der Waals surface area contributed by atoms with E-state index in [1.165, 1.54) is 24.3 Å². The number of halogens is 1. The third-order valence-corrected chi connectivity index (χ3v) is 2.92. The molecule has 5 nitrogen and oxygen atoms in total. The van der Waals surface area contributed by atoms with Crippen LogP contribution in [-0.4, -0.2) is 21.8 Å². The number of nitrogens with two attached hydrogens (primary N) is 1. The van der Waals surface area contributed by atoms with Gasteiger partial charge in [0.05, 0.1) is 6.42 Å². The second-order valence-corrected chi connectivity index (χ2v) is 4.78. The van der Waals surface area contributed by atoms with Crippen LogP contribution in [0.25, 0.3) is 0 Å². The van der Waals surface area contributed by atoms with Crippen LogP contribution in [0.1, 0.15) is 11.1 Å². The van der Waals surface area contributed by atoms with Crippen molar-refractivity contribution in [2.24, 2.45) is 10.7 Å². The van der Waals surface area contributed by atoms with Crippen molar-refractivity contribution in [3.63, 3.8) is 0 Å². The first-order valence-electron chi connectivity index (χ1n) is 6.37. The van der Waals surface area contributed by atoms with Crippen molar-refractivity contribution in [2.75, 3.05) is 0 Å². The number of amides is 1. The van der Waals surface area contributed by atoms with Crippen LogP contribution in [0.2, 0.25) is 0 Å². The fraction of sp³-hybridized carbons (Fsp3) is 0.0667. The minimum atomic E-state index is -0.352. The molecule has 112 valence electrons. The smallest absolute Gasteiger partial charge is 0.230 e. The predicted octanol–water partition coefficient (Wildman–Crippen LogP) is 1.57. The molecule has 0 saturated heterocycles. The van der Waals surface area contributed by atoms with E-state index >= 15 is 0 Å². The van der Waals surface area contributed by atoms with E-state index in [0.29, 0.717) is 11.1 Å². The number of amidine groups is 1. The van der Waals surface area contributed by atoms with Crippen LogP contribution >= 0.6 is 12.2 Å². The van der Waals surface area contributed by atoms with Crippen molar-refractivity contribution in [2.45, 2.75) is 6.42 Å². The van der Waals surface area contributed by atoms with Crippen molar-refractivity contribution in [1.29, 1.82) is 0 Å². The number of hydrogen-bond acceptors (Lipinski definition) is 3. The van der Waals surface area contributed by atoms with Gasteiger partial charge in [0.1, 0.15) is 11.7 Å². The van der Waals surface area contributed by atoms with E-state index in [1.807, 2.05) is 0 Å². The summed E-state index contributed by atoms with van der Waals surface area (Å²) in [5.74, 6) is -0.508. The number of rotatable bonds is 3. The number of aliphatic imine (C=N–C) groups is 1. The lowest BCUT2D eigenvalue weighted by Gasteiger charge is -2.05. The topological polar surface area (TPSA) is 80.4 Å². The summed E-state index contributed by atoms with van der Waals surface area (Å²) in [5.41, 5.74) is 7.11. The molecular weight excluding hydrogens is 303 g/mol. The minimum absolute atomic E-state index is 0.0265. The fourth-order valence-electron chi connectivity index (χ4n) is 1.68. The van der Waals surface area contributed by atoms with E-state index in [1.54, 1.807) is 24.5 Å². The summed E-state index contributed by atoms with van der Waals surface area (Å²) >= 11 is 4.97. The first-order chi connectivity index (χ1) is 10.5. The monoisotopic (exact) mass is 316 g/mol. The molecule has 1 amide bonds. The number of benzene rings is 1. The molecule has 7 heteroatoms. The van der Waals surface area contributed by atoms with Crippen LogP contribution < -0.4 is 11.1 Å². The van der Waals surface area contributed by atoms with Crippen molar-refractivity contribution in [3.8, 4) is 0 Å². The predicted molar refractivity (Wildman–Crippen MR) is 85.8 cm³/mol. The molecule has 0 saturated carbocycles. The minimum Gasteiger partial charge on any atom is -0.383 e. The highest BCUT2D eigenvalue weighted by Gasteiger charge is 2.07. The number of carbonyl (C=O) groups is 1. The van der Waals surface area contributed by atoms with E-state index < -0.39 is 0 Å². The van der Waals surface area contributed by atoms with Crippen LogP contribution in [0.4, 0.5) is 4.39 Å². The third-order valence-electron chi connectivity index (χ3n) is 2.72. The number of hydrogen-bond donors (Lipinski definition) is 2. The standard InChI is InChI=1S/C15H13FN4OS/c16-12-3-1-10(2-4-12)9-13(21)19-15(22)20-14(17)11-5-7-18-8-6-11/h1-8H,9H2,(H3,17,19,20,21,22). The molecular formula is C15H13FN4OS. The summed E-state index contributed by atoms with van der Waals surface area (Å²) in [5, 5.41) is 2.43. The summed E-state index contributed by atoms with van der Waals surface area (Å²) < 4.78 is 12.8. The second kappa shape index (κ2) is 7.37. The molecule has 0 aliphatic carbocycles. The zero-order valence-corrected chi connectivity index (χ0v) is 12.3. The lowest BCUT2D eigenvalue weighted by Crippen LogP contribution is -2.31. The van der Waals surface area contributed by atoms with Crippen molar-refractivity contribution >= 4 is 29.1 Å². The highest BCUT2D eigenvalue weighted by atomic mass is 32.1. The molecule has 1 aromatic carbocycles. The molecule has 2 aromatic rings. The van der Waals surface area contributed by atoms with Gasteiger partial charge in [0.2, 0.25) is 11.0 Å². The normalized spacial score (nSPS) is 11.0. The number of thiocarbonyl (C=S) groups is 1. The van der Waals surface area contributed by atoms with Gasteiger partial charge in [-0.15, -0.1) is 0 Å². The van der Waals surface area contributed by atoms with Crippen molar-refractivity contribution < 1.29 is 9.18 Å². The Bertz CT molecular complexity index is 701. The largest absolute Gasteiger partial charge is 0.383 e. The summed E-state index contributed by atoms with van der Waals surface area (Å²) in [7, 11) is 0. The maximum atomic E-state index is 12.8. The molecule has 0 spiro atoms. The van der Waals surface area contributed by atoms with E-state index in [9.17, 15) is 9.18 Å². The number of pyridine rings is 1. The Morgan fingerprint density at radius 1 is 1.23 bits per heavy atom. The SMILES string of the molecule is NC(=NC(=S)NC(=O)Cc1ccc(F)cc1)c1ccncc1. The maximum absolute atomic E-state index is 12.8. The number of carbonyl (C=O) groups excluding carboxylic acids is 1. The van der Waals surface area contributed by atoms with Crippen LogP contribution in [0.3, 0.4) is 0 Å². The maximum Gasteiger partial charge on any atom is 0.230 e. The van der Waals surface area contributed by atoms with Crippen LogP contribution in [0.5, 0.6) is 0 Å². The highest BCUT2D eigenvalue weighted by Crippen LogP contribution is 2.03. The molecule has 1 aromatic heterocycles. The average molecular weight is 316 g/mol. The summed E-state index contributed by atoms with van der Waals surface area (Å²) in [4.78, 5) is 19.6. The Morgan fingerprint density at radius 2 is 1.86 bits per heavy atom. The molecule has 0 bridgehead atoms. The molecule has 0 radical (unpaired) electrons. The van der Waals surface area contributed by atoms with Gasteiger partial charge in [0.15, 0.2) is 0 Å². The average Bonchev–Trinajstić information content (AvgIpc) is 2.50. The van der Waals surface area contributed by atoms with E-state index in [0.717, 1.165) is 0 Å². The van der Waals surface area contributed by atoms with Crippen LogP contribution in [0, 0.1) is 5.82 Å². The Morgan fingerprint density at radius 3 is 2.50 bits per heavy atom. The fourth-order valence-corrected chi connectivity index (χ4v) is 1.89. The molecule has 1 heterocycles. The zero-order chi connectivity index (χ0) is 15.9. The number of aromatic nitrogens is 1. The van der Waals surface area contributed by atoms with Gasteiger partial charge in [0.25, 0.3) is 0 Å². The van der Waals surface area contributed by atoms with Gasteiger partial charge in [0, 0.05) is 18.0 Å². The van der Waals surface area contributed by atoms with E-state index in [4.69, 9.17) is 18.0 Å².